The molecule has 0 unspecified atom stereocenters. The molecule has 5 nitrogen and oxygen atoms in total. The molecule has 1 fully saturated rings. The molecule has 1 N–H and O–H groups in total. The number of hydrogen-bond donors (Lipinski definition) is 1. The van der Waals surface area contributed by atoms with Gasteiger partial charge in [0.25, 0.3) is 10.0 Å². The van der Waals surface area contributed by atoms with Gasteiger partial charge in [-0.25, -0.2) is 8.42 Å². The fourth-order valence-electron chi connectivity index (χ4n) is 3.49. The van der Waals surface area contributed by atoms with Gasteiger partial charge in [0.2, 0.25) is 0 Å². The molecule has 7 heteroatoms. The smallest absolute Gasteiger partial charge is 0.263 e. The molecule has 4 rings (SSSR count). The van der Waals surface area contributed by atoms with Gasteiger partial charge in [0.05, 0.1) is 0 Å². The van der Waals surface area contributed by atoms with Gasteiger partial charge in [0.1, 0.15) is 4.90 Å². The molecule has 1 aliphatic heterocycles. The van der Waals surface area contributed by atoms with E-state index in [2.05, 4.69) is 21.6 Å². The van der Waals surface area contributed by atoms with E-state index in [1.807, 2.05) is 49.4 Å². The minimum atomic E-state index is -3.62. The van der Waals surface area contributed by atoms with Gasteiger partial charge < -0.3 is 9.80 Å². The molecular formula is C20H23N3O2S2. The lowest BCUT2D eigenvalue weighted by molar-refractivity contribution is 0.312. The maximum atomic E-state index is 12.9. The molecule has 1 aromatic heterocycles. The molecule has 0 saturated carbocycles. The molecule has 1 saturated heterocycles. The Morgan fingerprint density at radius 2 is 1.78 bits per heavy atom. The zero-order valence-corrected chi connectivity index (χ0v) is 17.1. The van der Waals surface area contributed by atoms with Crippen LogP contribution in [0, 0.1) is 6.92 Å². The van der Waals surface area contributed by atoms with E-state index in [1.54, 1.807) is 5.38 Å². The first kappa shape index (κ1) is 18.3. The Morgan fingerprint density at radius 1 is 1.04 bits per heavy atom. The van der Waals surface area contributed by atoms with Crippen LogP contribution in [-0.4, -0.2) is 46.5 Å². The molecule has 142 valence electrons. The summed E-state index contributed by atoms with van der Waals surface area (Å²) in [5.41, 5.74) is 2.85. The molecule has 3 aromatic rings. The summed E-state index contributed by atoms with van der Waals surface area (Å²) >= 11 is 1.45. The number of likely N-dealkylation sites (N-methyl/N-ethyl adjacent to an activating group) is 1. The number of nitrogens with one attached hydrogen (secondary N) is 1. The fraction of sp³-hybridized carbons (Fsp3) is 0.300. The molecule has 0 radical (unpaired) electrons. The third-order valence-corrected chi connectivity index (χ3v) is 7.56. The van der Waals surface area contributed by atoms with Gasteiger partial charge in [-0.2, -0.15) is 0 Å². The number of benzene rings is 2. The van der Waals surface area contributed by atoms with Crippen LogP contribution in [0.5, 0.6) is 0 Å². The monoisotopic (exact) mass is 401 g/mol. The zero-order chi connectivity index (χ0) is 19.0. The fourth-order valence-corrected chi connectivity index (χ4v) is 6.05. The zero-order valence-electron chi connectivity index (χ0n) is 15.5. The summed E-state index contributed by atoms with van der Waals surface area (Å²) in [5.74, 6) is 0. The van der Waals surface area contributed by atoms with Crippen LogP contribution >= 0.6 is 11.3 Å². The van der Waals surface area contributed by atoms with E-state index in [4.69, 9.17) is 0 Å². The molecule has 0 aliphatic carbocycles. The van der Waals surface area contributed by atoms with Gasteiger partial charge in [-0.05, 0) is 43.8 Å². The second-order valence-electron chi connectivity index (χ2n) is 6.99. The van der Waals surface area contributed by atoms with Crippen molar-refractivity contribution in [2.45, 2.75) is 11.8 Å². The first-order valence-electron chi connectivity index (χ1n) is 8.97. The molecule has 0 atom stereocenters. The van der Waals surface area contributed by atoms with E-state index in [9.17, 15) is 8.42 Å². The third kappa shape index (κ3) is 3.67. The van der Waals surface area contributed by atoms with Gasteiger partial charge >= 0.3 is 0 Å². The van der Waals surface area contributed by atoms with E-state index in [-0.39, 0.29) is 0 Å². The summed E-state index contributed by atoms with van der Waals surface area (Å²) in [4.78, 5) is 5.02. The predicted octanol–water partition coefficient (Wildman–Crippen LogP) is 3.76. The summed E-state index contributed by atoms with van der Waals surface area (Å²) in [7, 11) is -1.48. The second-order valence-corrected chi connectivity index (χ2v) is 9.56. The number of nitrogens with zero attached hydrogens (tertiary/aromatic N) is 2. The second kappa shape index (κ2) is 7.14. The summed E-state index contributed by atoms with van der Waals surface area (Å²) in [6, 6.07) is 13.4. The van der Waals surface area contributed by atoms with Crippen molar-refractivity contribution in [1.82, 2.24) is 4.90 Å². The summed E-state index contributed by atoms with van der Waals surface area (Å²) in [6.45, 7) is 6.09. The predicted molar refractivity (Wildman–Crippen MR) is 114 cm³/mol. The molecular weight excluding hydrogens is 378 g/mol. The SMILES string of the molecule is Cc1cc(NS(=O)(=O)c2csc3ccccc23)ccc1N1CCN(C)CC1. The summed E-state index contributed by atoms with van der Waals surface area (Å²) in [5, 5.41) is 2.47. The number of fused-ring (bicyclic) bond motifs is 1. The van der Waals surface area contributed by atoms with Crippen LogP contribution in [0.15, 0.2) is 52.7 Å². The average Bonchev–Trinajstić information content (AvgIpc) is 3.08. The molecule has 1 aliphatic rings. The first-order chi connectivity index (χ1) is 12.9. The topological polar surface area (TPSA) is 52.7 Å². The summed E-state index contributed by atoms with van der Waals surface area (Å²) < 4.78 is 29.5. The number of piperazine rings is 1. The molecule has 27 heavy (non-hydrogen) atoms. The maximum absolute atomic E-state index is 12.9. The van der Waals surface area contributed by atoms with Crippen LogP contribution in [0.4, 0.5) is 11.4 Å². The molecule has 0 spiro atoms. The Morgan fingerprint density at radius 3 is 2.52 bits per heavy atom. The minimum Gasteiger partial charge on any atom is -0.369 e. The molecule has 2 aromatic carbocycles. The quantitative estimate of drug-likeness (QED) is 0.723. The minimum absolute atomic E-state index is 0.337. The highest BCUT2D eigenvalue weighted by Gasteiger charge is 2.20. The number of hydrogen-bond acceptors (Lipinski definition) is 5. The van der Waals surface area contributed by atoms with Gasteiger partial charge in [0.15, 0.2) is 0 Å². The Hall–Kier alpha value is -2.09. The highest BCUT2D eigenvalue weighted by atomic mass is 32.2. The summed E-state index contributed by atoms with van der Waals surface area (Å²) in [6.07, 6.45) is 0. The highest BCUT2D eigenvalue weighted by Crippen LogP contribution is 2.31. The van der Waals surface area contributed by atoms with E-state index in [0.29, 0.717) is 10.6 Å². The maximum Gasteiger partial charge on any atom is 0.263 e. The van der Waals surface area contributed by atoms with Crippen molar-refractivity contribution in [2.75, 3.05) is 42.8 Å². The normalized spacial score (nSPS) is 16.0. The van der Waals surface area contributed by atoms with Crippen molar-refractivity contribution in [2.24, 2.45) is 0 Å². The third-order valence-electron chi connectivity index (χ3n) is 5.03. The van der Waals surface area contributed by atoms with Crippen LogP contribution in [0.25, 0.3) is 10.1 Å². The average molecular weight is 402 g/mol. The standard InChI is InChI=1S/C20H23N3O2S2/c1-15-13-16(7-8-18(15)23-11-9-22(2)10-12-23)21-27(24,25)20-14-26-19-6-4-3-5-17(19)20/h3-8,13-14,21H,9-12H2,1-2H3. The molecule has 0 amide bonds. The van der Waals surface area contributed by atoms with Crippen molar-refractivity contribution >= 4 is 42.8 Å². The molecule has 0 bridgehead atoms. The largest absolute Gasteiger partial charge is 0.369 e. The Bertz CT molecular complexity index is 1070. The van der Waals surface area contributed by atoms with Crippen LogP contribution in [0.2, 0.25) is 0 Å². The van der Waals surface area contributed by atoms with Crippen molar-refractivity contribution < 1.29 is 8.42 Å². The molecule has 2 heterocycles. The lowest BCUT2D eigenvalue weighted by atomic mass is 10.1. The van der Waals surface area contributed by atoms with Gasteiger partial charge in [0, 0.05) is 53.0 Å². The van der Waals surface area contributed by atoms with Gasteiger partial charge in [-0.1, -0.05) is 18.2 Å². The number of thiophene rings is 1. The van der Waals surface area contributed by atoms with Crippen LogP contribution < -0.4 is 9.62 Å². The number of anilines is 2. The van der Waals surface area contributed by atoms with Crippen molar-refractivity contribution in [3.05, 3.63) is 53.4 Å². The van der Waals surface area contributed by atoms with Gasteiger partial charge in [-0.3, -0.25) is 4.72 Å². The Kier molecular flexibility index (Phi) is 4.84. The van der Waals surface area contributed by atoms with E-state index in [0.717, 1.165) is 41.8 Å². The number of rotatable bonds is 4. The van der Waals surface area contributed by atoms with Crippen LogP contribution in [-0.2, 0) is 10.0 Å². The van der Waals surface area contributed by atoms with E-state index < -0.39 is 10.0 Å². The Balaban J connectivity index is 1.58. The number of sulfonamides is 1. The van der Waals surface area contributed by atoms with Crippen molar-refractivity contribution in [1.29, 1.82) is 0 Å². The van der Waals surface area contributed by atoms with E-state index in [1.165, 1.54) is 17.0 Å². The van der Waals surface area contributed by atoms with Crippen molar-refractivity contribution in [3.8, 4) is 0 Å². The lowest BCUT2D eigenvalue weighted by Gasteiger charge is -2.35. The highest BCUT2D eigenvalue weighted by molar-refractivity contribution is 7.93. The first-order valence-corrected chi connectivity index (χ1v) is 11.3. The number of aryl methyl sites for hydroxylation is 1. The van der Waals surface area contributed by atoms with Crippen LogP contribution in [0.3, 0.4) is 0 Å². The van der Waals surface area contributed by atoms with Crippen LogP contribution in [0.1, 0.15) is 5.56 Å². The van der Waals surface area contributed by atoms with Crippen molar-refractivity contribution in [3.63, 3.8) is 0 Å². The lowest BCUT2D eigenvalue weighted by Crippen LogP contribution is -2.44. The van der Waals surface area contributed by atoms with E-state index >= 15 is 0 Å². The van der Waals surface area contributed by atoms with Gasteiger partial charge in [-0.15, -0.1) is 11.3 Å². The Labute approximate surface area is 164 Å².